The van der Waals surface area contributed by atoms with Crippen LogP contribution in [-0.2, 0) is 0 Å². The maximum atomic E-state index is 13.9. The Bertz CT molecular complexity index is 599. The van der Waals surface area contributed by atoms with Crippen molar-refractivity contribution in [3.05, 3.63) is 64.2 Å². The fourth-order valence-corrected chi connectivity index (χ4v) is 2.33. The topological polar surface area (TPSA) is 21.3 Å². The number of halogens is 3. The first kappa shape index (κ1) is 14.8. The van der Waals surface area contributed by atoms with E-state index >= 15 is 0 Å². The van der Waals surface area contributed by atoms with Crippen LogP contribution < -0.4 is 10.1 Å². The van der Waals surface area contributed by atoms with Crippen LogP contribution in [0.3, 0.4) is 0 Å². The van der Waals surface area contributed by atoms with Crippen molar-refractivity contribution in [2.45, 2.75) is 6.04 Å². The van der Waals surface area contributed by atoms with E-state index in [0.717, 1.165) is 0 Å². The van der Waals surface area contributed by atoms with Crippen molar-refractivity contribution in [3.8, 4) is 5.75 Å². The smallest absolute Gasteiger partial charge is 0.131 e. The third-order valence-electron chi connectivity index (χ3n) is 3.08. The van der Waals surface area contributed by atoms with E-state index in [9.17, 15) is 8.78 Å². The zero-order valence-electron chi connectivity index (χ0n) is 11.1. The molecule has 0 bridgehead atoms. The van der Waals surface area contributed by atoms with Gasteiger partial charge in [0.2, 0.25) is 0 Å². The Hall–Kier alpha value is -1.65. The fraction of sp³-hybridized carbons (Fsp3) is 0.200. The first-order chi connectivity index (χ1) is 9.58. The summed E-state index contributed by atoms with van der Waals surface area (Å²) in [6.07, 6.45) is 0. The van der Waals surface area contributed by atoms with Crippen LogP contribution in [0.25, 0.3) is 0 Å². The molecule has 2 rings (SSSR count). The fourth-order valence-electron chi connectivity index (χ4n) is 2.17. The second-order valence-electron chi connectivity index (χ2n) is 4.24. The third kappa shape index (κ3) is 2.76. The Morgan fingerprint density at radius 3 is 2.35 bits per heavy atom. The molecule has 0 amide bonds. The summed E-state index contributed by atoms with van der Waals surface area (Å²) in [5.41, 5.74) is 0.569. The number of ether oxygens (including phenoxy) is 1. The number of nitrogens with one attached hydrogen (secondary N) is 1. The summed E-state index contributed by atoms with van der Waals surface area (Å²) in [4.78, 5) is 0. The van der Waals surface area contributed by atoms with Gasteiger partial charge in [0.1, 0.15) is 17.4 Å². The second kappa shape index (κ2) is 6.20. The lowest BCUT2D eigenvalue weighted by Crippen LogP contribution is -2.21. The SMILES string of the molecule is CNC(c1ccc(Cl)cc1OC)c1c(F)cccc1F. The van der Waals surface area contributed by atoms with Gasteiger partial charge in [0, 0.05) is 16.1 Å². The van der Waals surface area contributed by atoms with Gasteiger partial charge in [0.15, 0.2) is 0 Å². The van der Waals surface area contributed by atoms with Crippen molar-refractivity contribution in [2.24, 2.45) is 0 Å². The van der Waals surface area contributed by atoms with Crippen LogP contribution in [0.15, 0.2) is 36.4 Å². The molecule has 2 aromatic rings. The maximum Gasteiger partial charge on any atom is 0.131 e. The molecule has 0 heterocycles. The number of rotatable bonds is 4. The van der Waals surface area contributed by atoms with E-state index in [2.05, 4.69) is 5.32 Å². The summed E-state index contributed by atoms with van der Waals surface area (Å²) in [5, 5.41) is 3.40. The van der Waals surface area contributed by atoms with Gasteiger partial charge in [0.05, 0.1) is 13.2 Å². The van der Waals surface area contributed by atoms with E-state index in [0.29, 0.717) is 16.3 Å². The number of methoxy groups -OCH3 is 1. The van der Waals surface area contributed by atoms with Crippen LogP contribution >= 0.6 is 11.6 Å². The molecule has 1 atom stereocenters. The van der Waals surface area contributed by atoms with E-state index in [1.807, 2.05) is 0 Å². The van der Waals surface area contributed by atoms with Crippen molar-refractivity contribution in [1.82, 2.24) is 5.32 Å². The molecular formula is C15H14ClF2NO. The van der Waals surface area contributed by atoms with Crippen LogP contribution in [0.5, 0.6) is 5.75 Å². The summed E-state index contributed by atoms with van der Waals surface area (Å²) in [6, 6.07) is 8.08. The highest BCUT2D eigenvalue weighted by atomic mass is 35.5. The monoisotopic (exact) mass is 297 g/mol. The molecule has 2 nitrogen and oxygen atoms in total. The highest BCUT2D eigenvalue weighted by Crippen LogP contribution is 2.34. The van der Waals surface area contributed by atoms with Crippen LogP contribution in [0.4, 0.5) is 8.78 Å². The van der Waals surface area contributed by atoms with Gasteiger partial charge in [-0.25, -0.2) is 8.78 Å². The Morgan fingerprint density at radius 2 is 1.80 bits per heavy atom. The molecule has 1 N–H and O–H groups in total. The van der Waals surface area contributed by atoms with Gasteiger partial charge < -0.3 is 10.1 Å². The molecule has 106 valence electrons. The minimum absolute atomic E-state index is 0.0457. The van der Waals surface area contributed by atoms with E-state index < -0.39 is 17.7 Å². The van der Waals surface area contributed by atoms with Gasteiger partial charge in [0.25, 0.3) is 0 Å². The summed E-state index contributed by atoms with van der Waals surface area (Å²) < 4.78 is 33.1. The van der Waals surface area contributed by atoms with Gasteiger partial charge in [-0.3, -0.25) is 0 Å². The number of hydrogen-bond acceptors (Lipinski definition) is 2. The Morgan fingerprint density at radius 1 is 1.15 bits per heavy atom. The van der Waals surface area contributed by atoms with Crippen molar-refractivity contribution in [3.63, 3.8) is 0 Å². The lowest BCUT2D eigenvalue weighted by molar-refractivity contribution is 0.403. The minimum Gasteiger partial charge on any atom is -0.496 e. The molecule has 0 aliphatic heterocycles. The maximum absolute atomic E-state index is 13.9. The molecule has 0 radical (unpaired) electrons. The zero-order chi connectivity index (χ0) is 14.7. The van der Waals surface area contributed by atoms with Crippen molar-refractivity contribution in [2.75, 3.05) is 14.2 Å². The molecule has 5 heteroatoms. The second-order valence-corrected chi connectivity index (χ2v) is 4.68. The highest BCUT2D eigenvalue weighted by molar-refractivity contribution is 6.30. The summed E-state index contributed by atoms with van der Waals surface area (Å²) in [5.74, 6) is -0.748. The Kier molecular flexibility index (Phi) is 4.57. The lowest BCUT2D eigenvalue weighted by Gasteiger charge is -2.21. The van der Waals surface area contributed by atoms with Crippen LogP contribution in [0, 0.1) is 11.6 Å². The highest BCUT2D eigenvalue weighted by Gasteiger charge is 2.23. The van der Waals surface area contributed by atoms with Gasteiger partial charge in [-0.1, -0.05) is 23.7 Å². The first-order valence-corrected chi connectivity index (χ1v) is 6.41. The molecule has 0 aliphatic carbocycles. The quantitative estimate of drug-likeness (QED) is 0.923. The number of hydrogen-bond donors (Lipinski definition) is 1. The molecule has 1 unspecified atom stereocenters. The Labute approximate surface area is 121 Å². The van der Waals surface area contributed by atoms with Crippen molar-refractivity contribution < 1.29 is 13.5 Å². The van der Waals surface area contributed by atoms with E-state index in [1.165, 1.54) is 25.3 Å². The molecule has 2 aromatic carbocycles. The van der Waals surface area contributed by atoms with Gasteiger partial charge in [-0.15, -0.1) is 0 Å². The molecular weight excluding hydrogens is 284 g/mol. The van der Waals surface area contributed by atoms with Crippen LogP contribution in [-0.4, -0.2) is 14.2 Å². The number of benzene rings is 2. The van der Waals surface area contributed by atoms with Gasteiger partial charge in [-0.2, -0.15) is 0 Å². The van der Waals surface area contributed by atoms with Gasteiger partial charge in [-0.05, 0) is 31.3 Å². The van der Waals surface area contributed by atoms with E-state index in [4.69, 9.17) is 16.3 Å². The largest absolute Gasteiger partial charge is 0.496 e. The van der Waals surface area contributed by atoms with E-state index in [-0.39, 0.29) is 5.56 Å². The molecule has 0 saturated carbocycles. The molecule has 0 aliphatic rings. The van der Waals surface area contributed by atoms with Gasteiger partial charge >= 0.3 is 0 Å². The van der Waals surface area contributed by atoms with E-state index in [1.54, 1.807) is 25.2 Å². The summed E-state index contributed by atoms with van der Waals surface area (Å²) in [6.45, 7) is 0. The molecule has 0 saturated heterocycles. The lowest BCUT2D eigenvalue weighted by atomic mass is 9.97. The van der Waals surface area contributed by atoms with Crippen LogP contribution in [0.2, 0.25) is 5.02 Å². The standard InChI is InChI=1S/C15H14ClF2NO/c1-19-15(14-11(17)4-3-5-12(14)18)10-7-6-9(16)8-13(10)20-2/h3-8,15,19H,1-2H3. The first-order valence-electron chi connectivity index (χ1n) is 6.03. The predicted molar refractivity (Wildman–Crippen MR) is 75.3 cm³/mol. The molecule has 20 heavy (non-hydrogen) atoms. The van der Waals surface area contributed by atoms with Crippen molar-refractivity contribution >= 4 is 11.6 Å². The Balaban J connectivity index is 2.58. The average Bonchev–Trinajstić information content (AvgIpc) is 2.43. The zero-order valence-corrected chi connectivity index (χ0v) is 11.8. The minimum atomic E-state index is -0.664. The molecule has 0 aromatic heterocycles. The summed E-state index contributed by atoms with van der Waals surface area (Å²) >= 11 is 5.90. The van der Waals surface area contributed by atoms with Crippen molar-refractivity contribution in [1.29, 1.82) is 0 Å². The predicted octanol–water partition coefficient (Wildman–Crippen LogP) is 3.94. The van der Waals surface area contributed by atoms with Crippen LogP contribution in [0.1, 0.15) is 17.2 Å². The normalized spacial score (nSPS) is 12.2. The molecule has 0 spiro atoms. The average molecular weight is 298 g/mol. The third-order valence-corrected chi connectivity index (χ3v) is 3.32. The summed E-state index contributed by atoms with van der Waals surface area (Å²) in [7, 11) is 3.12. The molecule has 0 fully saturated rings.